The highest BCUT2D eigenvalue weighted by Gasteiger charge is 2.17. The Bertz CT molecular complexity index is 673. The summed E-state index contributed by atoms with van der Waals surface area (Å²) in [4.78, 5) is 12.1. The van der Waals surface area contributed by atoms with E-state index in [2.05, 4.69) is 46.1 Å². The van der Waals surface area contributed by atoms with Crippen LogP contribution in [0.3, 0.4) is 0 Å². The second kappa shape index (κ2) is 6.94. The lowest BCUT2D eigenvalue weighted by Gasteiger charge is -2.08. The Morgan fingerprint density at radius 1 is 1.22 bits per heavy atom. The lowest BCUT2D eigenvalue weighted by Crippen LogP contribution is -2.26. The molecule has 5 heteroatoms. The van der Waals surface area contributed by atoms with Crippen molar-refractivity contribution in [3.8, 4) is 0 Å². The van der Waals surface area contributed by atoms with Crippen molar-refractivity contribution >= 4 is 5.91 Å². The summed E-state index contributed by atoms with van der Waals surface area (Å²) in [5.74, 6) is 2.57. The van der Waals surface area contributed by atoms with Gasteiger partial charge in [0, 0.05) is 13.0 Å². The lowest BCUT2D eigenvalue weighted by molar-refractivity contribution is -0.120. The van der Waals surface area contributed by atoms with E-state index in [1.54, 1.807) is 0 Å². The zero-order chi connectivity index (χ0) is 16.2. The minimum Gasteiger partial charge on any atom is -0.349 e. The molecule has 122 valence electrons. The van der Waals surface area contributed by atoms with Crippen molar-refractivity contribution in [1.82, 2.24) is 20.1 Å². The molecule has 5 nitrogen and oxygen atoms in total. The highest BCUT2D eigenvalue weighted by Crippen LogP contribution is 2.14. The van der Waals surface area contributed by atoms with Crippen LogP contribution in [0.4, 0.5) is 0 Å². The number of carbonyl (C=O) groups excluding carboxylic acids is 1. The molecular formula is C18H24N4O. The molecule has 0 atom stereocenters. The molecule has 0 aliphatic carbocycles. The van der Waals surface area contributed by atoms with Gasteiger partial charge in [0.05, 0.1) is 13.0 Å². The summed E-state index contributed by atoms with van der Waals surface area (Å²) in [6.45, 7) is 5.84. The molecule has 2 heterocycles. The van der Waals surface area contributed by atoms with Crippen molar-refractivity contribution < 1.29 is 4.79 Å². The van der Waals surface area contributed by atoms with Gasteiger partial charge in [-0.1, -0.05) is 38.1 Å². The fraction of sp³-hybridized carbons (Fsp3) is 0.500. The van der Waals surface area contributed by atoms with Crippen LogP contribution >= 0.6 is 0 Å². The molecular weight excluding hydrogens is 288 g/mol. The number of hydrogen-bond acceptors (Lipinski definition) is 3. The average Bonchev–Trinajstić information content (AvgIpc) is 3.10. The van der Waals surface area contributed by atoms with E-state index < -0.39 is 0 Å². The molecule has 0 bridgehead atoms. The summed E-state index contributed by atoms with van der Waals surface area (Å²) in [5, 5.41) is 11.3. The van der Waals surface area contributed by atoms with E-state index in [0.717, 1.165) is 43.0 Å². The molecule has 1 aliphatic rings. The van der Waals surface area contributed by atoms with E-state index in [4.69, 9.17) is 0 Å². The second-order valence-corrected chi connectivity index (χ2v) is 6.66. The molecule has 1 aromatic carbocycles. The minimum atomic E-state index is 0.0250. The lowest BCUT2D eigenvalue weighted by atomic mass is 10.0. The van der Waals surface area contributed by atoms with Crippen LogP contribution < -0.4 is 5.32 Å². The molecule has 1 N–H and O–H groups in total. The van der Waals surface area contributed by atoms with Crippen molar-refractivity contribution in [2.75, 3.05) is 0 Å². The average molecular weight is 312 g/mol. The standard InChI is InChI=1S/C18H24N4O/c1-13(2)10-14-5-7-15(8-6-14)11-18(23)19-12-17-21-20-16-4-3-9-22(16)17/h5-8,13H,3-4,9-12H2,1-2H3,(H,19,23). The number of rotatable bonds is 6. The van der Waals surface area contributed by atoms with E-state index in [9.17, 15) is 4.79 Å². The molecule has 1 amide bonds. The Morgan fingerprint density at radius 3 is 2.70 bits per heavy atom. The van der Waals surface area contributed by atoms with Gasteiger partial charge in [0.25, 0.3) is 0 Å². The van der Waals surface area contributed by atoms with E-state index >= 15 is 0 Å². The van der Waals surface area contributed by atoms with Crippen LogP contribution in [-0.2, 0) is 37.1 Å². The Hall–Kier alpha value is -2.17. The SMILES string of the molecule is CC(C)Cc1ccc(CC(=O)NCc2nnc3n2CCC3)cc1. The van der Waals surface area contributed by atoms with Crippen molar-refractivity contribution in [1.29, 1.82) is 0 Å². The zero-order valence-electron chi connectivity index (χ0n) is 13.9. The first-order chi connectivity index (χ1) is 11.1. The van der Waals surface area contributed by atoms with Crippen LogP contribution in [-0.4, -0.2) is 20.7 Å². The van der Waals surface area contributed by atoms with Gasteiger partial charge >= 0.3 is 0 Å². The van der Waals surface area contributed by atoms with Crippen molar-refractivity contribution in [3.05, 3.63) is 47.0 Å². The number of carbonyl (C=O) groups is 1. The Kier molecular flexibility index (Phi) is 4.74. The molecule has 2 aromatic rings. The quantitative estimate of drug-likeness (QED) is 0.890. The number of nitrogens with one attached hydrogen (secondary N) is 1. The van der Waals surface area contributed by atoms with Gasteiger partial charge in [-0.2, -0.15) is 0 Å². The third kappa shape index (κ3) is 3.97. The van der Waals surface area contributed by atoms with Gasteiger partial charge in [-0.15, -0.1) is 10.2 Å². The van der Waals surface area contributed by atoms with E-state index in [-0.39, 0.29) is 5.91 Å². The second-order valence-electron chi connectivity index (χ2n) is 6.66. The number of hydrogen-bond donors (Lipinski definition) is 1. The molecule has 0 unspecified atom stereocenters. The minimum absolute atomic E-state index is 0.0250. The predicted octanol–water partition coefficient (Wildman–Crippen LogP) is 2.28. The van der Waals surface area contributed by atoms with Crippen LogP contribution in [0.25, 0.3) is 0 Å². The molecule has 0 spiro atoms. The number of aromatic nitrogens is 3. The monoisotopic (exact) mass is 312 g/mol. The largest absolute Gasteiger partial charge is 0.349 e. The number of fused-ring (bicyclic) bond motifs is 1. The Labute approximate surface area is 137 Å². The third-order valence-corrected chi connectivity index (χ3v) is 4.16. The summed E-state index contributed by atoms with van der Waals surface area (Å²) in [6.07, 6.45) is 3.59. The first kappa shape index (κ1) is 15.7. The maximum atomic E-state index is 12.1. The van der Waals surface area contributed by atoms with Gasteiger partial charge in [0.15, 0.2) is 5.82 Å². The Morgan fingerprint density at radius 2 is 1.96 bits per heavy atom. The van der Waals surface area contributed by atoms with Gasteiger partial charge in [-0.25, -0.2) is 0 Å². The maximum absolute atomic E-state index is 12.1. The molecule has 3 rings (SSSR count). The highest BCUT2D eigenvalue weighted by atomic mass is 16.1. The molecule has 1 aliphatic heterocycles. The summed E-state index contributed by atoms with van der Waals surface area (Å²) in [6, 6.07) is 8.33. The van der Waals surface area contributed by atoms with Crippen molar-refractivity contribution in [3.63, 3.8) is 0 Å². The van der Waals surface area contributed by atoms with Gasteiger partial charge in [0.1, 0.15) is 5.82 Å². The summed E-state index contributed by atoms with van der Waals surface area (Å²) >= 11 is 0. The van der Waals surface area contributed by atoms with Crippen LogP contribution in [0.5, 0.6) is 0 Å². The number of benzene rings is 1. The van der Waals surface area contributed by atoms with E-state index in [0.29, 0.717) is 18.9 Å². The fourth-order valence-corrected chi connectivity index (χ4v) is 3.03. The van der Waals surface area contributed by atoms with Crippen LogP contribution in [0, 0.1) is 5.92 Å². The highest BCUT2D eigenvalue weighted by molar-refractivity contribution is 5.78. The van der Waals surface area contributed by atoms with E-state index in [1.807, 2.05) is 12.1 Å². The number of nitrogens with zero attached hydrogens (tertiary/aromatic N) is 3. The summed E-state index contributed by atoms with van der Waals surface area (Å²) < 4.78 is 2.11. The molecule has 1 aromatic heterocycles. The summed E-state index contributed by atoms with van der Waals surface area (Å²) in [5.41, 5.74) is 2.37. The normalized spacial score (nSPS) is 13.3. The number of aryl methyl sites for hydroxylation is 1. The van der Waals surface area contributed by atoms with Crippen molar-refractivity contribution in [2.24, 2.45) is 5.92 Å². The smallest absolute Gasteiger partial charge is 0.224 e. The van der Waals surface area contributed by atoms with Crippen LogP contribution in [0.15, 0.2) is 24.3 Å². The first-order valence-electron chi connectivity index (χ1n) is 8.37. The molecule has 0 radical (unpaired) electrons. The molecule has 23 heavy (non-hydrogen) atoms. The summed E-state index contributed by atoms with van der Waals surface area (Å²) in [7, 11) is 0. The van der Waals surface area contributed by atoms with Gasteiger partial charge < -0.3 is 9.88 Å². The number of amides is 1. The van der Waals surface area contributed by atoms with Gasteiger partial charge in [-0.3, -0.25) is 4.79 Å². The van der Waals surface area contributed by atoms with Gasteiger partial charge in [-0.05, 0) is 29.9 Å². The van der Waals surface area contributed by atoms with E-state index in [1.165, 1.54) is 5.56 Å². The zero-order valence-corrected chi connectivity index (χ0v) is 13.9. The molecule has 0 fully saturated rings. The van der Waals surface area contributed by atoms with Gasteiger partial charge in [0.2, 0.25) is 5.91 Å². The maximum Gasteiger partial charge on any atom is 0.224 e. The van der Waals surface area contributed by atoms with Crippen molar-refractivity contribution in [2.45, 2.75) is 52.6 Å². The van der Waals surface area contributed by atoms with Crippen LogP contribution in [0.1, 0.15) is 43.0 Å². The predicted molar refractivity (Wildman–Crippen MR) is 88.9 cm³/mol. The first-order valence-corrected chi connectivity index (χ1v) is 8.37. The topological polar surface area (TPSA) is 59.8 Å². The third-order valence-electron chi connectivity index (χ3n) is 4.16. The molecule has 0 saturated heterocycles. The molecule has 0 saturated carbocycles. The van der Waals surface area contributed by atoms with Crippen LogP contribution in [0.2, 0.25) is 0 Å². The Balaban J connectivity index is 1.51. The fourth-order valence-electron chi connectivity index (χ4n) is 3.03.